The molecule has 0 saturated carbocycles. The fourth-order valence-electron chi connectivity index (χ4n) is 5.68. The number of para-hydroxylation sites is 1. The van der Waals surface area contributed by atoms with Gasteiger partial charge in [-0.25, -0.2) is 4.90 Å². The first kappa shape index (κ1) is 19.6. The van der Waals surface area contributed by atoms with Gasteiger partial charge < -0.3 is 0 Å². The molecule has 2 fully saturated rings. The van der Waals surface area contributed by atoms with E-state index in [4.69, 9.17) is 0 Å². The number of carbonyl (C=O) groups is 3. The summed E-state index contributed by atoms with van der Waals surface area (Å²) in [6, 6.07) is 25.1. The highest BCUT2D eigenvalue weighted by molar-refractivity contribution is 6.25. The zero-order chi connectivity index (χ0) is 22.7. The van der Waals surface area contributed by atoms with Crippen LogP contribution in [0.5, 0.6) is 0 Å². The van der Waals surface area contributed by atoms with E-state index in [-0.39, 0.29) is 17.6 Å². The van der Waals surface area contributed by atoms with Gasteiger partial charge in [0.15, 0.2) is 5.78 Å². The molecule has 0 N–H and O–H groups in total. The molecule has 3 aliphatic heterocycles. The third kappa shape index (κ3) is 2.55. The van der Waals surface area contributed by atoms with Gasteiger partial charge in [0, 0.05) is 5.56 Å². The number of hydrogen-bond acceptors (Lipinski definition) is 5. The van der Waals surface area contributed by atoms with Gasteiger partial charge in [0.2, 0.25) is 11.8 Å². The quantitative estimate of drug-likeness (QED) is 0.463. The van der Waals surface area contributed by atoms with Gasteiger partial charge in [-0.05, 0) is 30.2 Å². The number of anilines is 1. The van der Waals surface area contributed by atoms with E-state index in [2.05, 4.69) is 5.10 Å². The maximum atomic E-state index is 14.0. The monoisotopic (exact) mass is 435 g/mol. The summed E-state index contributed by atoms with van der Waals surface area (Å²) in [4.78, 5) is 42.9. The molecule has 0 aliphatic carbocycles. The number of rotatable bonds is 3. The van der Waals surface area contributed by atoms with Gasteiger partial charge in [-0.2, -0.15) is 5.10 Å². The van der Waals surface area contributed by atoms with E-state index >= 15 is 0 Å². The van der Waals surface area contributed by atoms with Crippen molar-refractivity contribution in [2.45, 2.75) is 18.5 Å². The molecule has 0 bridgehead atoms. The summed E-state index contributed by atoms with van der Waals surface area (Å²) < 4.78 is 0. The predicted octanol–water partition coefficient (Wildman–Crippen LogP) is 3.84. The lowest BCUT2D eigenvalue weighted by Gasteiger charge is -2.40. The second-order valence-corrected chi connectivity index (χ2v) is 8.86. The van der Waals surface area contributed by atoms with Crippen LogP contribution in [0.3, 0.4) is 0 Å². The second-order valence-electron chi connectivity index (χ2n) is 8.86. The Labute approximate surface area is 191 Å². The van der Waals surface area contributed by atoms with E-state index in [1.54, 1.807) is 66.7 Å². The maximum Gasteiger partial charge on any atom is 0.240 e. The van der Waals surface area contributed by atoms with Crippen LogP contribution in [0.15, 0.2) is 90.0 Å². The number of fused-ring (bicyclic) bond motifs is 5. The minimum atomic E-state index is -1.31. The number of amides is 2. The van der Waals surface area contributed by atoms with Crippen LogP contribution in [-0.4, -0.2) is 34.4 Å². The highest BCUT2D eigenvalue weighted by Gasteiger charge is 2.71. The standard InChI is InChI=1S/C27H21N3O3/c1-27(24(31)17-10-4-2-5-11-17)22-21(23-20-15-9-8-12-18(20)16-28-30(23)27)25(32)29(26(22)33)19-13-6-3-7-14-19/h2-16,21-23H,1H3/t21-,22+,23-,27-/m1/s1. The van der Waals surface area contributed by atoms with Crippen LogP contribution >= 0.6 is 0 Å². The van der Waals surface area contributed by atoms with Gasteiger partial charge in [0.05, 0.1) is 29.8 Å². The van der Waals surface area contributed by atoms with Crippen molar-refractivity contribution >= 4 is 29.5 Å². The molecule has 2 amide bonds. The Morgan fingerprint density at radius 2 is 1.48 bits per heavy atom. The highest BCUT2D eigenvalue weighted by Crippen LogP contribution is 2.57. The molecule has 3 aromatic rings. The number of imide groups is 1. The number of hydrogen-bond donors (Lipinski definition) is 0. The molecular weight excluding hydrogens is 414 g/mol. The molecule has 0 aromatic heterocycles. The number of Topliss-reactive ketones (excluding diaryl/α,β-unsaturated/α-hetero) is 1. The summed E-state index contributed by atoms with van der Waals surface area (Å²) in [5.41, 5.74) is 1.51. The van der Waals surface area contributed by atoms with Crippen LogP contribution < -0.4 is 4.90 Å². The molecular formula is C27H21N3O3. The van der Waals surface area contributed by atoms with E-state index in [0.29, 0.717) is 11.3 Å². The first-order chi connectivity index (χ1) is 16.0. The number of benzene rings is 3. The highest BCUT2D eigenvalue weighted by atomic mass is 16.2. The summed E-state index contributed by atoms with van der Waals surface area (Å²) in [6.07, 6.45) is 1.72. The fraction of sp³-hybridized carbons (Fsp3) is 0.185. The van der Waals surface area contributed by atoms with E-state index < -0.39 is 23.4 Å². The minimum Gasteiger partial charge on any atom is -0.291 e. The molecule has 3 heterocycles. The van der Waals surface area contributed by atoms with Gasteiger partial charge in [0.1, 0.15) is 5.54 Å². The van der Waals surface area contributed by atoms with Gasteiger partial charge in [-0.3, -0.25) is 19.4 Å². The zero-order valence-electron chi connectivity index (χ0n) is 18.0. The summed E-state index contributed by atoms with van der Waals surface area (Å²) >= 11 is 0. The molecule has 3 aromatic carbocycles. The Hall–Kier alpha value is -4.06. The lowest BCUT2D eigenvalue weighted by atomic mass is 9.76. The van der Waals surface area contributed by atoms with Crippen molar-refractivity contribution in [1.82, 2.24) is 5.01 Å². The third-order valence-corrected chi connectivity index (χ3v) is 7.18. The molecule has 3 aliphatic rings. The van der Waals surface area contributed by atoms with Crippen LogP contribution in [0.1, 0.15) is 34.5 Å². The van der Waals surface area contributed by atoms with Gasteiger partial charge >= 0.3 is 0 Å². The smallest absolute Gasteiger partial charge is 0.240 e. The first-order valence-corrected chi connectivity index (χ1v) is 11.0. The fourth-order valence-corrected chi connectivity index (χ4v) is 5.68. The van der Waals surface area contributed by atoms with Crippen molar-refractivity contribution in [3.63, 3.8) is 0 Å². The Kier molecular flexibility index (Phi) is 4.14. The molecule has 2 saturated heterocycles. The molecule has 0 spiro atoms. The lowest BCUT2D eigenvalue weighted by molar-refractivity contribution is -0.124. The van der Waals surface area contributed by atoms with Crippen molar-refractivity contribution in [3.8, 4) is 0 Å². The van der Waals surface area contributed by atoms with E-state index in [0.717, 1.165) is 11.1 Å². The van der Waals surface area contributed by atoms with Crippen LogP contribution in [0.25, 0.3) is 0 Å². The van der Waals surface area contributed by atoms with E-state index in [1.165, 1.54) is 4.90 Å². The summed E-state index contributed by atoms with van der Waals surface area (Å²) in [5.74, 6) is -2.43. The topological polar surface area (TPSA) is 70.0 Å². The molecule has 162 valence electrons. The maximum absolute atomic E-state index is 14.0. The normalized spacial score (nSPS) is 27.4. The number of carbonyl (C=O) groups excluding carboxylic acids is 3. The minimum absolute atomic E-state index is 0.215. The second kappa shape index (κ2) is 6.97. The largest absolute Gasteiger partial charge is 0.291 e. The van der Waals surface area contributed by atoms with Crippen molar-refractivity contribution in [2.75, 3.05) is 4.90 Å². The lowest BCUT2D eigenvalue weighted by Crippen LogP contribution is -2.54. The molecule has 33 heavy (non-hydrogen) atoms. The van der Waals surface area contributed by atoms with Crippen molar-refractivity contribution < 1.29 is 14.4 Å². The molecule has 4 atom stereocenters. The van der Waals surface area contributed by atoms with Crippen molar-refractivity contribution in [1.29, 1.82) is 0 Å². The summed E-state index contributed by atoms with van der Waals surface area (Å²) in [5, 5.41) is 6.35. The van der Waals surface area contributed by atoms with Crippen molar-refractivity contribution in [2.24, 2.45) is 16.9 Å². The predicted molar refractivity (Wildman–Crippen MR) is 124 cm³/mol. The van der Waals surface area contributed by atoms with Crippen LogP contribution in [0, 0.1) is 11.8 Å². The Balaban J connectivity index is 1.56. The molecule has 6 nitrogen and oxygen atoms in total. The van der Waals surface area contributed by atoms with Crippen LogP contribution in [-0.2, 0) is 9.59 Å². The molecule has 6 rings (SSSR count). The van der Waals surface area contributed by atoms with Gasteiger partial charge in [0.25, 0.3) is 0 Å². The van der Waals surface area contributed by atoms with E-state index in [1.807, 2.05) is 36.4 Å². The number of ketones is 1. The Morgan fingerprint density at radius 3 is 2.21 bits per heavy atom. The van der Waals surface area contributed by atoms with Gasteiger partial charge in [-0.15, -0.1) is 0 Å². The number of nitrogens with zero attached hydrogens (tertiary/aromatic N) is 3. The van der Waals surface area contributed by atoms with Gasteiger partial charge in [-0.1, -0.05) is 72.8 Å². The summed E-state index contributed by atoms with van der Waals surface area (Å²) in [6.45, 7) is 1.75. The average Bonchev–Trinajstić information content (AvgIpc) is 3.29. The zero-order valence-corrected chi connectivity index (χ0v) is 18.0. The Morgan fingerprint density at radius 1 is 0.848 bits per heavy atom. The third-order valence-electron chi connectivity index (χ3n) is 7.18. The average molecular weight is 435 g/mol. The van der Waals surface area contributed by atoms with Crippen molar-refractivity contribution in [3.05, 3.63) is 102 Å². The molecule has 0 unspecified atom stereocenters. The summed E-state index contributed by atoms with van der Waals surface area (Å²) in [7, 11) is 0. The SMILES string of the molecule is C[C@]1(C(=O)c2ccccc2)[C@@H]2C(=O)N(c3ccccc3)C(=O)[C@H]2[C@H]2c3ccccc3C=NN21. The van der Waals surface area contributed by atoms with Crippen LogP contribution in [0.2, 0.25) is 0 Å². The Bertz CT molecular complexity index is 1320. The first-order valence-electron chi connectivity index (χ1n) is 11.0. The van der Waals surface area contributed by atoms with Crippen LogP contribution in [0.4, 0.5) is 5.69 Å². The molecule has 6 heteroatoms. The number of hydrazone groups is 1. The van der Waals surface area contributed by atoms with E-state index in [9.17, 15) is 14.4 Å². The molecule has 0 radical (unpaired) electrons.